The molecule has 0 bridgehead atoms. The molecule has 0 fully saturated rings. The largest absolute Gasteiger partial charge is 0.309 e. The highest BCUT2D eigenvalue weighted by Gasteiger charge is 2.38. The van der Waals surface area contributed by atoms with Gasteiger partial charge in [-0.3, -0.25) is 0 Å². The Morgan fingerprint density at radius 3 is 0.488 bits per heavy atom. The monoisotopic (exact) mass is 1230 g/mol. The summed E-state index contributed by atoms with van der Waals surface area (Å²) in [6.07, 6.45) is 0. The summed E-state index contributed by atoms with van der Waals surface area (Å²) in [6.45, 7) is 0. The lowest BCUT2D eigenvalue weighted by Gasteiger charge is -2.23. The molecule has 426 valence electrons. The van der Waals surface area contributed by atoms with Crippen molar-refractivity contribution in [2.75, 3.05) is 0 Å². The zero-order valence-electron chi connectivity index (χ0n) is 41.5. The van der Waals surface area contributed by atoms with Crippen LogP contribution in [0.3, 0.4) is 0 Å². The second-order valence-electron chi connectivity index (χ2n) is 18.6. The van der Waals surface area contributed by atoms with Crippen molar-refractivity contribution in [2.24, 2.45) is 0 Å². The SMILES string of the molecule is O=P(c1cccc(-c2cc(-c3cccc(P(=O)(c4cc(F)c(F)c(F)c4)c4cc(F)c(F)c(F)c4)c3)cc(-c3cccc(P(=O)(c4cc(F)c(F)c(F)c4)c4cc(F)c(F)c(F)c4)c3)c2)c1)(c1cc(F)c(F)c(F)c1)c1cc(F)c(F)c(F)c1. The fraction of sp³-hybridized carbons (Fsp3) is 0. The van der Waals surface area contributed by atoms with Gasteiger partial charge in [-0.2, -0.15) is 0 Å². The molecule has 0 spiro atoms. The van der Waals surface area contributed by atoms with E-state index in [4.69, 9.17) is 0 Å². The van der Waals surface area contributed by atoms with Gasteiger partial charge < -0.3 is 13.7 Å². The van der Waals surface area contributed by atoms with Gasteiger partial charge in [-0.25, -0.2) is 79.0 Å². The van der Waals surface area contributed by atoms with Gasteiger partial charge in [-0.15, -0.1) is 0 Å². The van der Waals surface area contributed by atoms with Crippen LogP contribution in [0.1, 0.15) is 0 Å². The average molecular weight is 1230 g/mol. The Kier molecular flexibility index (Phi) is 15.4. The normalized spacial score (nSPS) is 12.1. The lowest BCUT2D eigenvalue weighted by atomic mass is 9.93. The van der Waals surface area contributed by atoms with E-state index >= 15 is 66.4 Å². The molecule has 10 rings (SSSR count). The van der Waals surface area contributed by atoms with Crippen LogP contribution in [0.15, 0.2) is 164 Å². The van der Waals surface area contributed by atoms with Crippen molar-refractivity contribution in [1.29, 1.82) is 0 Å². The standard InChI is InChI=1S/C60H27F18O3P3/c61-43-16-37(17-44(62)55(43)73)82(79,38-18-45(63)56(74)46(64)19-38)34-7-1-4-28(13-34)31-10-32(29-5-2-8-35(14-29)83(80,39-20-47(65)57(75)48(66)21-39)40-22-49(67)58(76)50(68)23-40)12-33(11-31)30-6-3-9-36(15-30)84(81,41-24-51(69)59(77)52(70)25-41)42-26-53(71)60(78)54(72)27-42/h1-27H. The minimum atomic E-state index is -5.08. The number of rotatable bonds is 12. The van der Waals surface area contributed by atoms with E-state index in [1.165, 1.54) is 54.6 Å². The van der Waals surface area contributed by atoms with E-state index in [0.29, 0.717) is 0 Å². The molecule has 0 saturated carbocycles. The average Bonchev–Trinajstić information content (AvgIpc) is 1.34. The fourth-order valence-corrected chi connectivity index (χ4v) is 17.5. The van der Waals surface area contributed by atoms with Crippen molar-refractivity contribution in [3.63, 3.8) is 0 Å². The maximum atomic E-state index is 15.5. The Morgan fingerprint density at radius 2 is 0.333 bits per heavy atom. The molecule has 0 heterocycles. The first kappa shape index (κ1) is 58.8. The minimum absolute atomic E-state index is 0.0540. The van der Waals surface area contributed by atoms with Gasteiger partial charge in [0.15, 0.2) is 126 Å². The van der Waals surface area contributed by atoms with Gasteiger partial charge in [0.25, 0.3) is 0 Å². The highest BCUT2D eigenvalue weighted by Crippen LogP contribution is 2.48. The first-order chi connectivity index (χ1) is 39.6. The van der Waals surface area contributed by atoms with Crippen molar-refractivity contribution in [3.05, 3.63) is 269 Å². The van der Waals surface area contributed by atoms with E-state index in [2.05, 4.69) is 0 Å². The second-order valence-corrected chi connectivity index (χ2v) is 26.9. The second kappa shape index (κ2) is 22.0. The number of halogens is 18. The predicted molar refractivity (Wildman–Crippen MR) is 280 cm³/mol. The van der Waals surface area contributed by atoms with E-state index < -0.39 is 174 Å². The molecule has 84 heavy (non-hydrogen) atoms. The van der Waals surface area contributed by atoms with Crippen LogP contribution in [-0.4, -0.2) is 0 Å². The molecular weight excluding hydrogens is 1200 g/mol. The van der Waals surface area contributed by atoms with E-state index in [1.54, 1.807) is 0 Å². The van der Waals surface area contributed by atoms with Crippen molar-refractivity contribution >= 4 is 69.2 Å². The summed E-state index contributed by atoms with van der Waals surface area (Å²) in [4.78, 5) is 0. The van der Waals surface area contributed by atoms with Crippen molar-refractivity contribution in [3.8, 4) is 33.4 Å². The Labute approximate surface area is 462 Å². The molecule has 0 aliphatic rings. The van der Waals surface area contributed by atoms with E-state index in [-0.39, 0.29) is 106 Å². The van der Waals surface area contributed by atoms with Crippen molar-refractivity contribution in [1.82, 2.24) is 0 Å². The zero-order chi connectivity index (χ0) is 60.6. The predicted octanol–water partition coefficient (Wildman–Crippen LogP) is 14.1. The van der Waals surface area contributed by atoms with Gasteiger partial charge in [0.05, 0.1) is 0 Å². The molecule has 24 heteroatoms. The van der Waals surface area contributed by atoms with Crippen LogP contribution in [0.2, 0.25) is 0 Å². The molecule has 10 aromatic carbocycles. The lowest BCUT2D eigenvalue weighted by Crippen LogP contribution is -2.27. The summed E-state index contributed by atoms with van der Waals surface area (Å²) in [7, 11) is -15.2. The summed E-state index contributed by atoms with van der Waals surface area (Å²) in [5.74, 6) is -35.1. The van der Waals surface area contributed by atoms with Gasteiger partial charge >= 0.3 is 0 Å². The summed E-state index contributed by atoms with van der Waals surface area (Å²) in [6, 6.07) is 20.9. The summed E-state index contributed by atoms with van der Waals surface area (Å²) < 4.78 is 313. The quantitative estimate of drug-likeness (QED) is 0.0696. The zero-order valence-corrected chi connectivity index (χ0v) is 44.1. The van der Waals surface area contributed by atoms with Crippen LogP contribution in [0, 0.1) is 105 Å². The highest BCUT2D eigenvalue weighted by atomic mass is 31.2. The van der Waals surface area contributed by atoms with Crippen LogP contribution < -0.4 is 47.7 Å². The first-order valence-corrected chi connectivity index (χ1v) is 29.0. The molecule has 0 radical (unpaired) electrons. The molecule has 0 N–H and O–H groups in total. The number of benzene rings is 10. The summed E-state index contributed by atoms with van der Waals surface area (Å²) in [5.41, 5.74) is -0.427. The van der Waals surface area contributed by atoms with E-state index in [9.17, 15) is 26.3 Å². The maximum Gasteiger partial charge on any atom is 0.194 e. The molecule has 0 aliphatic carbocycles. The van der Waals surface area contributed by atoms with Crippen LogP contribution in [0.25, 0.3) is 33.4 Å². The molecule has 0 amide bonds. The molecule has 0 saturated heterocycles. The van der Waals surface area contributed by atoms with E-state index in [0.717, 1.165) is 36.4 Å². The van der Waals surface area contributed by atoms with Crippen LogP contribution in [-0.2, 0) is 13.7 Å². The molecule has 10 aromatic rings. The fourth-order valence-electron chi connectivity index (χ4n) is 9.46. The van der Waals surface area contributed by atoms with Gasteiger partial charge in [-0.05, 0) is 143 Å². The molecule has 0 unspecified atom stereocenters. The van der Waals surface area contributed by atoms with Crippen LogP contribution >= 0.6 is 21.4 Å². The summed E-state index contributed by atoms with van der Waals surface area (Å²) in [5, 5.41) is -6.94. The van der Waals surface area contributed by atoms with Gasteiger partial charge in [0, 0.05) is 47.7 Å². The molecule has 0 aliphatic heterocycles. The molecule has 0 aromatic heterocycles. The number of hydrogen-bond acceptors (Lipinski definition) is 3. The topological polar surface area (TPSA) is 51.2 Å². The Bertz CT molecular complexity index is 3780. The third-order valence-corrected chi connectivity index (χ3v) is 22.5. The summed E-state index contributed by atoms with van der Waals surface area (Å²) >= 11 is 0. The lowest BCUT2D eigenvalue weighted by molar-refractivity contribution is 0.447. The smallest absolute Gasteiger partial charge is 0.194 e. The Balaban J connectivity index is 1.24. The van der Waals surface area contributed by atoms with Gasteiger partial charge in [0.1, 0.15) is 0 Å². The Morgan fingerprint density at radius 1 is 0.179 bits per heavy atom. The molecule has 3 nitrogen and oxygen atoms in total. The third-order valence-electron chi connectivity index (χ3n) is 13.6. The minimum Gasteiger partial charge on any atom is -0.309 e. The number of hydrogen-bond donors (Lipinski definition) is 0. The highest BCUT2D eigenvalue weighted by molar-refractivity contribution is 7.86. The first-order valence-electron chi connectivity index (χ1n) is 23.8. The van der Waals surface area contributed by atoms with Crippen molar-refractivity contribution < 1.29 is 92.7 Å². The van der Waals surface area contributed by atoms with Crippen LogP contribution in [0.5, 0.6) is 0 Å². The van der Waals surface area contributed by atoms with Crippen molar-refractivity contribution in [2.45, 2.75) is 0 Å². The van der Waals surface area contributed by atoms with Crippen LogP contribution in [0.4, 0.5) is 79.0 Å². The maximum absolute atomic E-state index is 15.5. The van der Waals surface area contributed by atoms with E-state index in [1.807, 2.05) is 0 Å². The third kappa shape index (κ3) is 10.1. The molecule has 0 atom stereocenters. The molecular formula is C60H27F18O3P3. The Hall–Kier alpha value is -8.37. The van der Waals surface area contributed by atoms with Gasteiger partial charge in [-0.1, -0.05) is 54.6 Å². The van der Waals surface area contributed by atoms with Gasteiger partial charge in [0.2, 0.25) is 0 Å².